The van der Waals surface area contributed by atoms with E-state index in [0.717, 1.165) is 23.3 Å². The van der Waals surface area contributed by atoms with Crippen LogP contribution in [0.4, 0.5) is 13.2 Å². The van der Waals surface area contributed by atoms with Gasteiger partial charge in [0.15, 0.2) is 0 Å². The molecule has 0 bridgehead atoms. The minimum Gasteiger partial charge on any atom is -0.329 e. The number of para-hydroxylation sites is 1. The molecular formula is C28H26F3N3O2. The Hall–Kier alpha value is -3.94. The molecule has 0 aliphatic carbocycles. The second-order valence-electron chi connectivity index (χ2n) is 8.76. The molecule has 186 valence electrons. The Morgan fingerprint density at radius 1 is 1.03 bits per heavy atom. The maximum atomic E-state index is 13.7. The summed E-state index contributed by atoms with van der Waals surface area (Å²) in [7, 11) is 0. The molecule has 8 heteroatoms. The van der Waals surface area contributed by atoms with Gasteiger partial charge in [-0.25, -0.2) is 4.98 Å². The summed E-state index contributed by atoms with van der Waals surface area (Å²) in [5.74, 6) is -0.251. The molecule has 0 saturated carbocycles. The standard InChI is InChI=1S/C28H26F3N3O2/c1-5-33(26(35)20-9-8-10-21(16-20)28(29,30)31)19(4)25-32-23-12-7-6-11-22(23)27(36)34(25)24-14-13-17(2)15-18(24)3/h6-16,19H,5H2,1-4H3. The van der Waals surface area contributed by atoms with Gasteiger partial charge in [-0.1, -0.05) is 35.9 Å². The predicted molar refractivity (Wildman–Crippen MR) is 133 cm³/mol. The zero-order valence-corrected chi connectivity index (χ0v) is 20.4. The minimum atomic E-state index is -4.57. The summed E-state index contributed by atoms with van der Waals surface area (Å²) >= 11 is 0. The van der Waals surface area contributed by atoms with E-state index >= 15 is 0 Å². The number of carbonyl (C=O) groups excluding carboxylic acids is 1. The lowest BCUT2D eigenvalue weighted by Crippen LogP contribution is -2.37. The number of rotatable bonds is 5. The smallest absolute Gasteiger partial charge is 0.329 e. The van der Waals surface area contributed by atoms with Crippen molar-refractivity contribution in [3.05, 3.63) is 105 Å². The molecule has 0 aliphatic rings. The average Bonchev–Trinajstić information content (AvgIpc) is 2.84. The summed E-state index contributed by atoms with van der Waals surface area (Å²) in [4.78, 5) is 33.3. The topological polar surface area (TPSA) is 55.2 Å². The molecule has 1 heterocycles. The number of benzene rings is 3. The number of fused-ring (bicyclic) bond motifs is 1. The average molecular weight is 494 g/mol. The van der Waals surface area contributed by atoms with Gasteiger partial charge in [-0.05, 0) is 69.7 Å². The number of amides is 1. The molecule has 0 spiro atoms. The summed E-state index contributed by atoms with van der Waals surface area (Å²) < 4.78 is 41.3. The van der Waals surface area contributed by atoms with Crippen LogP contribution in [-0.4, -0.2) is 26.9 Å². The largest absolute Gasteiger partial charge is 0.416 e. The van der Waals surface area contributed by atoms with Gasteiger partial charge in [0.1, 0.15) is 5.82 Å². The molecular weight excluding hydrogens is 467 g/mol. The molecule has 4 aromatic rings. The number of nitrogens with zero attached hydrogens (tertiary/aromatic N) is 3. The van der Waals surface area contributed by atoms with Crippen molar-refractivity contribution in [2.24, 2.45) is 0 Å². The second-order valence-corrected chi connectivity index (χ2v) is 8.76. The molecule has 1 aromatic heterocycles. The van der Waals surface area contributed by atoms with Gasteiger partial charge in [0.2, 0.25) is 0 Å². The summed E-state index contributed by atoms with van der Waals surface area (Å²) in [6.45, 7) is 7.51. The first kappa shape index (κ1) is 25.2. The lowest BCUT2D eigenvalue weighted by molar-refractivity contribution is -0.137. The van der Waals surface area contributed by atoms with E-state index in [-0.39, 0.29) is 17.7 Å². The number of aromatic nitrogens is 2. The van der Waals surface area contributed by atoms with E-state index < -0.39 is 23.7 Å². The van der Waals surface area contributed by atoms with Gasteiger partial charge in [-0.3, -0.25) is 14.2 Å². The number of hydrogen-bond acceptors (Lipinski definition) is 3. The molecule has 3 aromatic carbocycles. The summed E-state index contributed by atoms with van der Waals surface area (Å²) in [6, 6.07) is 16.3. The Bertz CT molecular complexity index is 1510. The number of aryl methyl sites for hydroxylation is 2. The maximum absolute atomic E-state index is 13.7. The van der Waals surface area contributed by atoms with Crippen LogP contribution < -0.4 is 5.56 Å². The fraction of sp³-hybridized carbons (Fsp3) is 0.250. The van der Waals surface area contributed by atoms with Gasteiger partial charge >= 0.3 is 6.18 Å². The second kappa shape index (κ2) is 9.60. The number of halogens is 3. The first-order valence-corrected chi connectivity index (χ1v) is 11.6. The Labute approximate surface area is 206 Å². The fourth-order valence-corrected chi connectivity index (χ4v) is 4.45. The molecule has 0 fully saturated rings. The van der Waals surface area contributed by atoms with Crippen LogP contribution in [0.25, 0.3) is 16.6 Å². The van der Waals surface area contributed by atoms with Crippen LogP contribution in [0.1, 0.15) is 52.8 Å². The van der Waals surface area contributed by atoms with Crippen LogP contribution in [0.2, 0.25) is 0 Å². The van der Waals surface area contributed by atoms with Crippen LogP contribution in [-0.2, 0) is 6.18 Å². The zero-order chi connectivity index (χ0) is 26.2. The highest BCUT2D eigenvalue weighted by Gasteiger charge is 2.32. The van der Waals surface area contributed by atoms with Gasteiger partial charge in [0.05, 0.1) is 28.2 Å². The molecule has 0 N–H and O–H groups in total. The van der Waals surface area contributed by atoms with Crippen LogP contribution in [0.15, 0.2) is 71.5 Å². The van der Waals surface area contributed by atoms with E-state index in [1.807, 2.05) is 32.0 Å². The molecule has 1 unspecified atom stereocenters. The lowest BCUT2D eigenvalue weighted by Gasteiger charge is -2.30. The molecule has 0 radical (unpaired) electrons. The highest BCUT2D eigenvalue weighted by molar-refractivity contribution is 5.94. The van der Waals surface area contributed by atoms with E-state index in [9.17, 15) is 22.8 Å². The molecule has 4 rings (SSSR count). The van der Waals surface area contributed by atoms with Crippen molar-refractivity contribution in [2.75, 3.05) is 6.54 Å². The number of hydrogen-bond donors (Lipinski definition) is 0. The van der Waals surface area contributed by atoms with Gasteiger partial charge in [0.25, 0.3) is 11.5 Å². The van der Waals surface area contributed by atoms with Gasteiger partial charge in [-0.15, -0.1) is 0 Å². The molecule has 1 atom stereocenters. The van der Waals surface area contributed by atoms with Crippen molar-refractivity contribution in [3.63, 3.8) is 0 Å². The van der Waals surface area contributed by atoms with E-state index in [0.29, 0.717) is 22.4 Å². The summed E-state index contributed by atoms with van der Waals surface area (Å²) in [5, 5.41) is 0.431. The summed E-state index contributed by atoms with van der Waals surface area (Å²) in [5.41, 5.74) is 1.74. The normalized spacial score (nSPS) is 12.5. The third-order valence-electron chi connectivity index (χ3n) is 6.27. The van der Waals surface area contributed by atoms with Crippen molar-refractivity contribution < 1.29 is 18.0 Å². The third kappa shape index (κ3) is 4.63. The molecule has 1 amide bonds. The highest BCUT2D eigenvalue weighted by Crippen LogP contribution is 2.31. The highest BCUT2D eigenvalue weighted by atomic mass is 19.4. The van der Waals surface area contributed by atoms with Gasteiger partial charge in [-0.2, -0.15) is 13.2 Å². The van der Waals surface area contributed by atoms with Crippen molar-refractivity contribution in [2.45, 2.75) is 39.9 Å². The number of alkyl halides is 3. The Morgan fingerprint density at radius 2 is 1.75 bits per heavy atom. The monoisotopic (exact) mass is 493 g/mol. The fourth-order valence-electron chi connectivity index (χ4n) is 4.45. The quantitative estimate of drug-likeness (QED) is 0.331. The molecule has 5 nitrogen and oxygen atoms in total. The zero-order valence-electron chi connectivity index (χ0n) is 20.4. The van der Waals surface area contributed by atoms with Crippen LogP contribution in [0.3, 0.4) is 0 Å². The van der Waals surface area contributed by atoms with Crippen molar-refractivity contribution in [1.29, 1.82) is 0 Å². The summed E-state index contributed by atoms with van der Waals surface area (Å²) in [6.07, 6.45) is -4.57. The van der Waals surface area contributed by atoms with E-state index in [2.05, 4.69) is 0 Å². The van der Waals surface area contributed by atoms with Crippen LogP contribution >= 0.6 is 0 Å². The maximum Gasteiger partial charge on any atom is 0.416 e. The minimum absolute atomic E-state index is 0.0836. The van der Waals surface area contributed by atoms with Gasteiger partial charge in [0, 0.05) is 12.1 Å². The lowest BCUT2D eigenvalue weighted by atomic mass is 10.1. The SMILES string of the molecule is CCN(C(=O)c1cccc(C(F)(F)F)c1)C(C)c1nc2ccccc2c(=O)n1-c1ccc(C)cc1C. The van der Waals surface area contributed by atoms with E-state index in [1.54, 1.807) is 38.1 Å². The van der Waals surface area contributed by atoms with Crippen molar-refractivity contribution >= 4 is 16.8 Å². The van der Waals surface area contributed by atoms with E-state index in [4.69, 9.17) is 4.98 Å². The van der Waals surface area contributed by atoms with Crippen LogP contribution in [0.5, 0.6) is 0 Å². The first-order valence-electron chi connectivity index (χ1n) is 11.6. The Kier molecular flexibility index (Phi) is 6.71. The predicted octanol–water partition coefficient (Wildman–Crippen LogP) is 6.24. The number of carbonyl (C=O) groups is 1. The first-order chi connectivity index (χ1) is 17.0. The van der Waals surface area contributed by atoms with Crippen molar-refractivity contribution in [1.82, 2.24) is 14.5 Å². The van der Waals surface area contributed by atoms with E-state index in [1.165, 1.54) is 21.6 Å². The molecule has 36 heavy (non-hydrogen) atoms. The van der Waals surface area contributed by atoms with Crippen molar-refractivity contribution in [3.8, 4) is 5.69 Å². The molecule has 0 saturated heterocycles. The van der Waals surface area contributed by atoms with Gasteiger partial charge < -0.3 is 4.90 Å². The molecule has 0 aliphatic heterocycles. The van der Waals surface area contributed by atoms with Crippen LogP contribution in [0, 0.1) is 13.8 Å². The Morgan fingerprint density at radius 3 is 2.42 bits per heavy atom. The Balaban J connectivity index is 1.89. The third-order valence-corrected chi connectivity index (χ3v) is 6.27.